The van der Waals surface area contributed by atoms with Gasteiger partial charge in [0.15, 0.2) is 6.61 Å². The summed E-state index contributed by atoms with van der Waals surface area (Å²) in [6.45, 7) is 8.16. The third-order valence-electron chi connectivity index (χ3n) is 5.17. The maximum absolute atomic E-state index is 12.8. The number of ether oxygens (including phenoxy) is 1. The zero-order valence-electron chi connectivity index (χ0n) is 17.1. The number of benzene rings is 2. The third-order valence-corrected chi connectivity index (χ3v) is 5.17. The highest BCUT2D eigenvalue weighted by Crippen LogP contribution is 2.18. The number of piperazine rings is 1. The van der Waals surface area contributed by atoms with Gasteiger partial charge in [0.25, 0.3) is 11.8 Å². The van der Waals surface area contributed by atoms with Crippen molar-refractivity contribution in [3.8, 4) is 5.75 Å². The second-order valence-corrected chi connectivity index (χ2v) is 7.75. The second-order valence-electron chi connectivity index (χ2n) is 7.75. The Kier molecular flexibility index (Phi) is 6.88. The molecule has 0 aliphatic carbocycles. The van der Waals surface area contributed by atoms with Crippen molar-refractivity contribution in [1.82, 2.24) is 9.80 Å². The second kappa shape index (κ2) is 9.56. The lowest BCUT2D eigenvalue weighted by molar-refractivity contribution is -0.119. The van der Waals surface area contributed by atoms with Gasteiger partial charge in [-0.3, -0.25) is 14.5 Å². The molecule has 0 atom stereocenters. The molecule has 2 N–H and O–H groups in total. The van der Waals surface area contributed by atoms with Crippen LogP contribution in [0.2, 0.25) is 0 Å². The number of nitrogens with zero attached hydrogens (tertiary/aromatic N) is 2. The topological polar surface area (TPSA) is 75.9 Å². The predicted octanol–water partition coefficient (Wildman–Crippen LogP) is 2.63. The minimum absolute atomic E-state index is 0.0181. The normalized spacial score (nSPS) is 14.8. The molecule has 1 aliphatic heterocycles. The molecule has 3 rings (SSSR count). The van der Waals surface area contributed by atoms with Crippen molar-refractivity contribution in [3.05, 3.63) is 65.2 Å². The van der Waals surface area contributed by atoms with Gasteiger partial charge in [-0.1, -0.05) is 44.2 Å². The predicted molar refractivity (Wildman–Crippen MR) is 113 cm³/mol. The Bertz CT molecular complexity index is 841. The van der Waals surface area contributed by atoms with Crippen LogP contribution in [0.15, 0.2) is 48.5 Å². The summed E-state index contributed by atoms with van der Waals surface area (Å²) in [5.41, 5.74) is 8.31. The molecule has 1 heterocycles. The number of carbonyl (C=O) groups is 2. The van der Waals surface area contributed by atoms with Crippen LogP contribution in [0.3, 0.4) is 0 Å². The van der Waals surface area contributed by atoms with Crippen LogP contribution in [0.1, 0.15) is 41.3 Å². The largest absolute Gasteiger partial charge is 0.484 e. The van der Waals surface area contributed by atoms with Crippen molar-refractivity contribution in [1.29, 1.82) is 0 Å². The first-order valence-corrected chi connectivity index (χ1v) is 10.0. The van der Waals surface area contributed by atoms with E-state index in [0.29, 0.717) is 30.3 Å². The molecule has 29 heavy (non-hydrogen) atoms. The first-order valence-electron chi connectivity index (χ1n) is 10.0. The molecule has 0 aromatic heterocycles. The number of amides is 2. The molecule has 0 bridgehead atoms. The van der Waals surface area contributed by atoms with Crippen molar-refractivity contribution in [2.24, 2.45) is 5.73 Å². The van der Waals surface area contributed by atoms with Crippen LogP contribution in [0.4, 0.5) is 0 Å². The van der Waals surface area contributed by atoms with Gasteiger partial charge in [0.2, 0.25) is 0 Å². The standard InChI is InChI=1S/C23H29N3O3/c1-17(2)19-8-6-18(7-9-19)15-25-10-12-26(13-11-25)23(28)20-4-3-5-21(14-20)29-16-22(24)27/h3-9,14,17H,10-13,15-16H2,1-2H3,(H2,24,27). The number of primary amides is 1. The fourth-order valence-electron chi connectivity index (χ4n) is 3.43. The number of nitrogens with two attached hydrogens (primary N) is 1. The first kappa shape index (κ1) is 20.9. The molecular weight excluding hydrogens is 366 g/mol. The van der Waals surface area contributed by atoms with Crippen LogP contribution in [0.25, 0.3) is 0 Å². The van der Waals surface area contributed by atoms with Gasteiger partial charge < -0.3 is 15.4 Å². The Morgan fingerprint density at radius 1 is 1.03 bits per heavy atom. The summed E-state index contributed by atoms with van der Waals surface area (Å²) in [4.78, 5) is 27.9. The average molecular weight is 396 g/mol. The van der Waals surface area contributed by atoms with E-state index in [1.54, 1.807) is 24.3 Å². The fraction of sp³-hybridized carbons (Fsp3) is 0.391. The van der Waals surface area contributed by atoms with E-state index < -0.39 is 5.91 Å². The van der Waals surface area contributed by atoms with Crippen molar-refractivity contribution in [3.63, 3.8) is 0 Å². The molecule has 0 radical (unpaired) electrons. The molecular formula is C23H29N3O3. The van der Waals surface area contributed by atoms with Gasteiger partial charge in [0.05, 0.1) is 0 Å². The number of hydrogen-bond acceptors (Lipinski definition) is 4. The van der Waals surface area contributed by atoms with Gasteiger partial charge in [-0.25, -0.2) is 0 Å². The summed E-state index contributed by atoms with van der Waals surface area (Å²) in [5.74, 6) is 0.448. The smallest absolute Gasteiger partial charge is 0.255 e. The molecule has 6 nitrogen and oxygen atoms in total. The SMILES string of the molecule is CC(C)c1ccc(CN2CCN(C(=O)c3cccc(OCC(N)=O)c3)CC2)cc1. The lowest BCUT2D eigenvalue weighted by Crippen LogP contribution is -2.48. The number of rotatable bonds is 7. The van der Waals surface area contributed by atoms with Gasteiger partial charge in [0.1, 0.15) is 5.75 Å². The first-order chi connectivity index (χ1) is 13.9. The number of hydrogen-bond donors (Lipinski definition) is 1. The molecule has 0 spiro atoms. The van der Waals surface area contributed by atoms with Crippen LogP contribution >= 0.6 is 0 Å². The highest BCUT2D eigenvalue weighted by atomic mass is 16.5. The lowest BCUT2D eigenvalue weighted by Gasteiger charge is -2.35. The Balaban J connectivity index is 1.53. The Morgan fingerprint density at radius 3 is 2.34 bits per heavy atom. The van der Waals surface area contributed by atoms with Gasteiger partial charge in [-0.05, 0) is 35.2 Å². The highest BCUT2D eigenvalue weighted by Gasteiger charge is 2.22. The number of carbonyl (C=O) groups excluding carboxylic acids is 2. The Labute approximate surface area is 172 Å². The summed E-state index contributed by atoms with van der Waals surface area (Å²) < 4.78 is 5.30. The minimum Gasteiger partial charge on any atom is -0.484 e. The monoisotopic (exact) mass is 395 g/mol. The summed E-state index contributed by atoms with van der Waals surface area (Å²) in [5, 5.41) is 0. The van der Waals surface area contributed by atoms with Crippen molar-refractivity contribution in [2.75, 3.05) is 32.8 Å². The van der Waals surface area contributed by atoms with E-state index in [4.69, 9.17) is 10.5 Å². The third kappa shape index (κ3) is 5.81. The summed E-state index contributed by atoms with van der Waals surface area (Å²) in [6, 6.07) is 15.7. The van der Waals surface area contributed by atoms with Gasteiger partial charge in [0, 0.05) is 38.3 Å². The fourth-order valence-corrected chi connectivity index (χ4v) is 3.43. The van der Waals surface area contributed by atoms with Gasteiger partial charge in [-0.2, -0.15) is 0 Å². The summed E-state index contributed by atoms with van der Waals surface area (Å²) >= 11 is 0. The summed E-state index contributed by atoms with van der Waals surface area (Å²) in [7, 11) is 0. The molecule has 2 aromatic carbocycles. The van der Waals surface area contributed by atoms with Crippen LogP contribution < -0.4 is 10.5 Å². The van der Waals surface area contributed by atoms with Crippen LogP contribution in [-0.4, -0.2) is 54.4 Å². The zero-order valence-corrected chi connectivity index (χ0v) is 17.1. The molecule has 6 heteroatoms. The van der Waals surface area contributed by atoms with Crippen LogP contribution in [0.5, 0.6) is 5.75 Å². The molecule has 0 unspecified atom stereocenters. The Morgan fingerprint density at radius 2 is 1.72 bits per heavy atom. The average Bonchev–Trinajstić information content (AvgIpc) is 2.73. The maximum atomic E-state index is 12.8. The van der Waals surface area contributed by atoms with E-state index >= 15 is 0 Å². The zero-order chi connectivity index (χ0) is 20.8. The van der Waals surface area contributed by atoms with Gasteiger partial charge in [-0.15, -0.1) is 0 Å². The molecule has 2 amide bonds. The minimum atomic E-state index is -0.545. The highest BCUT2D eigenvalue weighted by molar-refractivity contribution is 5.94. The van der Waals surface area contributed by atoms with Gasteiger partial charge >= 0.3 is 0 Å². The van der Waals surface area contributed by atoms with E-state index in [0.717, 1.165) is 19.6 Å². The van der Waals surface area contributed by atoms with Crippen molar-refractivity contribution in [2.45, 2.75) is 26.3 Å². The lowest BCUT2D eigenvalue weighted by atomic mass is 10.0. The Hall–Kier alpha value is -2.86. The van der Waals surface area contributed by atoms with Crippen molar-refractivity contribution < 1.29 is 14.3 Å². The molecule has 2 aromatic rings. The molecule has 1 fully saturated rings. The van der Waals surface area contributed by atoms with E-state index in [1.807, 2.05) is 4.90 Å². The molecule has 154 valence electrons. The quantitative estimate of drug-likeness (QED) is 0.782. The van der Waals surface area contributed by atoms with Crippen molar-refractivity contribution >= 4 is 11.8 Å². The maximum Gasteiger partial charge on any atom is 0.255 e. The summed E-state index contributed by atoms with van der Waals surface area (Å²) in [6.07, 6.45) is 0. The van der Waals surface area contributed by atoms with Crippen LogP contribution in [0, 0.1) is 0 Å². The van der Waals surface area contributed by atoms with E-state index in [2.05, 4.69) is 43.0 Å². The van der Waals surface area contributed by atoms with Crippen LogP contribution in [-0.2, 0) is 11.3 Å². The van der Waals surface area contributed by atoms with E-state index in [1.165, 1.54) is 11.1 Å². The van der Waals surface area contributed by atoms with E-state index in [9.17, 15) is 9.59 Å². The molecule has 1 aliphatic rings. The molecule has 1 saturated heterocycles. The van der Waals surface area contributed by atoms with E-state index in [-0.39, 0.29) is 12.5 Å². The molecule has 0 saturated carbocycles.